The van der Waals surface area contributed by atoms with Crippen LogP contribution >= 0.6 is 0 Å². The van der Waals surface area contributed by atoms with Crippen LogP contribution in [0.4, 0.5) is 0 Å². The van der Waals surface area contributed by atoms with Crippen LogP contribution in [0.25, 0.3) is 0 Å². The molecule has 0 bridgehead atoms. The van der Waals surface area contributed by atoms with Crippen LogP contribution in [-0.4, -0.2) is 54.0 Å². The molecule has 5 heteroatoms. The first-order chi connectivity index (χ1) is 14.6. The summed E-state index contributed by atoms with van der Waals surface area (Å²) in [5.74, 6) is 1.14. The van der Waals surface area contributed by atoms with Crippen molar-refractivity contribution >= 4 is 11.7 Å². The molecule has 2 unspecified atom stereocenters. The summed E-state index contributed by atoms with van der Waals surface area (Å²) in [6.07, 6.45) is 3.68. The highest BCUT2D eigenvalue weighted by atomic mass is 16.3. The molecule has 30 heavy (non-hydrogen) atoms. The van der Waals surface area contributed by atoms with Crippen LogP contribution in [-0.2, 0) is 11.2 Å². The summed E-state index contributed by atoms with van der Waals surface area (Å²) in [5.41, 5.74) is 2.82. The summed E-state index contributed by atoms with van der Waals surface area (Å²) in [7, 11) is 0. The number of hydrogen-bond acceptors (Lipinski definition) is 4. The Bertz CT molecular complexity index is 858. The maximum Gasteiger partial charge on any atom is 0.226 e. The number of carbonyl (C=O) groups is 2. The third-order valence-electron chi connectivity index (χ3n) is 6.43. The number of piperidine rings is 1. The summed E-state index contributed by atoms with van der Waals surface area (Å²) in [4.78, 5) is 26.1. The molecule has 2 aromatic rings. The third kappa shape index (κ3) is 5.15. The lowest BCUT2D eigenvalue weighted by Crippen LogP contribution is -2.41. The molecule has 1 saturated heterocycles. The van der Waals surface area contributed by atoms with Crippen molar-refractivity contribution in [3.8, 4) is 0 Å². The Labute approximate surface area is 178 Å². The molecule has 1 saturated carbocycles. The Morgan fingerprint density at radius 2 is 1.70 bits per heavy atom. The molecule has 158 valence electrons. The second-order valence-electron chi connectivity index (χ2n) is 8.55. The highest BCUT2D eigenvalue weighted by molar-refractivity contribution is 5.97. The van der Waals surface area contributed by atoms with Crippen LogP contribution in [0.15, 0.2) is 54.6 Å². The zero-order valence-electron chi connectivity index (χ0n) is 17.3. The number of nitrogens with one attached hydrogen (secondary N) is 1. The summed E-state index contributed by atoms with van der Waals surface area (Å²) in [6, 6.07) is 18.3. The fourth-order valence-electron chi connectivity index (χ4n) is 4.38. The van der Waals surface area contributed by atoms with E-state index < -0.39 is 6.61 Å². The standard InChI is InChI=1S/C25H30N2O3/c28-17-24(29)21-8-6-18(7-9-21)14-25(30)27-12-10-19(11-13-27)16-26-23-15-22(23)20-4-2-1-3-5-20/h1-9,19,22-23,26,28H,10-17H2. The molecule has 2 atom stereocenters. The lowest BCUT2D eigenvalue weighted by Gasteiger charge is -2.32. The molecule has 2 N–H and O–H groups in total. The Kier molecular flexibility index (Phi) is 6.60. The lowest BCUT2D eigenvalue weighted by atomic mass is 9.96. The van der Waals surface area contributed by atoms with Crippen molar-refractivity contribution in [2.45, 2.75) is 37.6 Å². The summed E-state index contributed by atoms with van der Waals surface area (Å²) < 4.78 is 0. The van der Waals surface area contributed by atoms with E-state index in [1.807, 2.05) is 4.90 Å². The van der Waals surface area contributed by atoms with Gasteiger partial charge in [-0.25, -0.2) is 0 Å². The minimum Gasteiger partial charge on any atom is -0.388 e. The Morgan fingerprint density at radius 3 is 2.37 bits per heavy atom. The largest absolute Gasteiger partial charge is 0.388 e. The van der Waals surface area contributed by atoms with Crippen LogP contribution in [0.3, 0.4) is 0 Å². The fraction of sp³-hybridized carbons (Fsp3) is 0.440. The Balaban J connectivity index is 1.17. The normalized spacial score (nSPS) is 21.4. The van der Waals surface area contributed by atoms with Crippen molar-refractivity contribution in [2.75, 3.05) is 26.2 Å². The van der Waals surface area contributed by atoms with E-state index in [1.54, 1.807) is 24.3 Å². The summed E-state index contributed by atoms with van der Waals surface area (Å²) >= 11 is 0. The minimum atomic E-state index is -0.490. The quantitative estimate of drug-likeness (QED) is 0.662. The lowest BCUT2D eigenvalue weighted by molar-refractivity contribution is -0.131. The van der Waals surface area contributed by atoms with Crippen molar-refractivity contribution in [3.63, 3.8) is 0 Å². The van der Waals surface area contributed by atoms with E-state index in [2.05, 4.69) is 35.6 Å². The van der Waals surface area contributed by atoms with Crippen LogP contribution in [0.2, 0.25) is 0 Å². The van der Waals surface area contributed by atoms with Crippen molar-refractivity contribution in [1.82, 2.24) is 10.2 Å². The maximum absolute atomic E-state index is 12.6. The van der Waals surface area contributed by atoms with Gasteiger partial charge in [-0.05, 0) is 42.9 Å². The van der Waals surface area contributed by atoms with Crippen molar-refractivity contribution < 1.29 is 14.7 Å². The summed E-state index contributed by atoms with van der Waals surface area (Å²) in [5, 5.41) is 12.6. The smallest absolute Gasteiger partial charge is 0.226 e. The number of carbonyl (C=O) groups excluding carboxylic acids is 2. The Morgan fingerprint density at radius 1 is 1.00 bits per heavy atom. The van der Waals surface area contributed by atoms with Crippen LogP contribution < -0.4 is 5.32 Å². The molecule has 0 spiro atoms. The molecule has 0 radical (unpaired) electrons. The molecule has 4 rings (SSSR count). The number of aliphatic hydroxyl groups excluding tert-OH is 1. The first kappa shape index (κ1) is 20.8. The van der Waals surface area contributed by atoms with Gasteiger partial charge in [0.1, 0.15) is 6.61 Å². The van der Waals surface area contributed by atoms with Gasteiger partial charge in [-0.3, -0.25) is 9.59 Å². The van der Waals surface area contributed by atoms with Gasteiger partial charge < -0.3 is 15.3 Å². The molecule has 5 nitrogen and oxygen atoms in total. The van der Waals surface area contributed by atoms with Crippen molar-refractivity contribution in [1.29, 1.82) is 0 Å². The fourth-order valence-corrected chi connectivity index (χ4v) is 4.38. The molecular weight excluding hydrogens is 376 g/mol. The predicted molar refractivity (Wildman–Crippen MR) is 116 cm³/mol. The average Bonchev–Trinajstić information content (AvgIpc) is 3.58. The van der Waals surface area contributed by atoms with Gasteiger partial charge in [-0.2, -0.15) is 0 Å². The molecule has 0 aromatic heterocycles. The average molecular weight is 407 g/mol. The molecule has 1 aliphatic carbocycles. The SMILES string of the molecule is O=C(CO)c1ccc(CC(=O)N2CCC(CNC3CC3c3ccccc3)CC2)cc1. The maximum atomic E-state index is 12.6. The van der Waals surface area contributed by atoms with E-state index in [-0.39, 0.29) is 11.7 Å². The minimum absolute atomic E-state index is 0.147. The van der Waals surface area contributed by atoms with Gasteiger partial charge in [0.15, 0.2) is 5.78 Å². The van der Waals surface area contributed by atoms with E-state index >= 15 is 0 Å². The first-order valence-corrected chi connectivity index (χ1v) is 10.9. The molecule has 1 aliphatic heterocycles. The van der Waals surface area contributed by atoms with E-state index in [9.17, 15) is 9.59 Å². The number of aliphatic hydroxyl groups is 1. The summed E-state index contributed by atoms with van der Waals surface area (Å²) in [6.45, 7) is 2.18. The van der Waals surface area contributed by atoms with Crippen LogP contribution in [0.5, 0.6) is 0 Å². The first-order valence-electron chi connectivity index (χ1n) is 10.9. The number of nitrogens with zero attached hydrogens (tertiary/aromatic N) is 1. The molecule has 1 amide bonds. The van der Waals surface area contributed by atoms with Gasteiger partial charge in [0, 0.05) is 30.6 Å². The van der Waals surface area contributed by atoms with E-state index in [1.165, 1.54) is 12.0 Å². The van der Waals surface area contributed by atoms with E-state index in [0.29, 0.717) is 29.9 Å². The number of benzene rings is 2. The molecule has 1 heterocycles. The zero-order valence-corrected chi connectivity index (χ0v) is 17.3. The third-order valence-corrected chi connectivity index (χ3v) is 6.43. The molecule has 2 fully saturated rings. The number of ketones is 1. The van der Waals surface area contributed by atoms with Crippen molar-refractivity contribution in [2.24, 2.45) is 5.92 Å². The van der Waals surface area contributed by atoms with Crippen LogP contribution in [0.1, 0.15) is 46.7 Å². The number of amides is 1. The van der Waals surface area contributed by atoms with E-state index in [4.69, 9.17) is 5.11 Å². The van der Waals surface area contributed by atoms with Gasteiger partial charge in [-0.15, -0.1) is 0 Å². The van der Waals surface area contributed by atoms with Gasteiger partial charge in [0.25, 0.3) is 0 Å². The molecule has 2 aliphatic rings. The number of likely N-dealkylation sites (tertiary alicyclic amines) is 1. The molecular formula is C25H30N2O3. The number of Topliss-reactive ketones (excluding diaryl/α,β-unsaturated/α-hetero) is 1. The van der Waals surface area contributed by atoms with Crippen LogP contribution in [0, 0.1) is 5.92 Å². The number of rotatable bonds is 8. The molecule has 2 aromatic carbocycles. The van der Waals surface area contributed by atoms with E-state index in [0.717, 1.165) is 38.0 Å². The van der Waals surface area contributed by atoms with Gasteiger partial charge in [-0.1, -0.05) is 54.6 Å². The topological polar surface area (TPSA) is 69.6 Å². The Hall–Kier alpha value is -2.50. The van der Waals surface area contributed by atoms with Crippen molar-refractivity contribution in [3.05, 3.63) is 71.3 Å². The second kappa shape index (κ2) is 9.54. The zero-order chi connectivity index (χ0) is 20.9. The van der Waals surface area contributed by atoms with Gasteiger partial charge >= 0.3 is 0 Å². The number of hydrogen-bond donors (Lipinski definition) is 2. The van der Waals surface area contributed by atoms with Gasteiger partial charge in [0.05, 0.1) is 6.42 Å². The highest BCUT2D eigenvalue weighted by Gasteiger charge is 2.38. The van der Waals surface area contributed by atoms with Gasteiger partial charge in [0.2, 0.25) is 5.91 Å². The highest BCUT2D eigenvalue weighted by Crippen LogP contribution is 2.40. The second-order valence-corrected chi connectivity index (χ2v) is 8.55. The monoisotopic (exact) mass is 406 g/mol. The predicted octanol–water partition coefficient (Wildman–Crippen LogP) is 2.79.